The average molecular weight is 425 g/mol. The maximum absolute atomic E-state index is 13.2. The van der Waals surface area contributed by atoms with Gasteiger partial charge < -0.3 is 9.30 Å². The number of hydrogen-bond acceptors (Lipinski definition) is 4. The Kier molecular flexibility index (Phi) is 3.83. The van der Waals surface area contributed by atoms with Crippen molar-refractivity contribution in [2.75, 3.05) is 0 Å². The molecule has 30 heavy (non-hydrogen) atoms. The van der Waals surface area contributed by atoms with Gasteiger partial charge in [-0.2, -0.15) is 8.78 Å². The van der Waals surface area contributed by atoms with Crippen molar-refractivity contribution >= 4 is 22.6 Å². The molecule has 2 bridgehead atoms. The summed E-state index contributed by atoms with van der Waals surface area (Å²) >= 11 is 6.26. The number of benzene rings is 2. The molecule has 2 aliphatic rings. The summed E-state index contributed by atoms with van der Waals surface area (Å²) in [7, 11) is 0. The van der Waals surface area contributed by atoms with E-state index in [9.17, 15) is 8.78 Å². The second-order valence-corrected chi connectivity index (χ2v) is 7.99. The van der Waals surface area contributed by atoms with E-state index in [1.54, 1.807) is 36.7 Å². The summed E-state index contributed by atoms with van der Waals surface area (Å²) < 4.78 is 33.5. The van der Waals surface area contributed by atoms with Crippen LogP contribution in [0.5, 0.6) is 5.75 Å². The predicted molar refractivity (Wildman–Crippen MR) is 107 cm³/mol. The molecule has 0 fully saturated rings. The van der Waals surface area contributed by atoms with Crippen molar-refractivity contribution < 1.29 is 13.5 Å². The highest BCUT2D eigenvalue weighted by molar-refractivity contribution is 6.31. The zero-order valence-corrected chi connectivity index (χ0v) is 16.3. The first-order valence-electron chi connectivity index (χ1n) is 9.63. The van der Waals surface area contributed by atoms with Crippen LogP contribution in [-0.4, -0.2) is 26.1 Å². The van der Waals surface area contributed by atoms with E-state index < -0.39 is 6.61 Å². The van der Waals surface area contributed by atoms with Crippen LogP contribution in [0.15, 0.2) is 54.9 Å². The maximum Gasteiger partial charge on any atom is 0.387 e. The molecule has 3 atom stereocenters. The number of aromatic nitrogens is 4. The van der Waals surface area contributed by atoms with Gasteiger partial charge in [-0.15, -0.1) is 0 Å². The summed E-state index contributed by atoms with van der Waals surface area (Å²) in [5, 5.41) is 0.604. The monoisotopic (exact) mass is 424 g/mol. The Labute approximate surface area is 175 Å². The zero-order valence-electron chi connectivity index (χ0n) is 15.5. The number of imidazole rings is 1. The highest BCUT2D eigenvalue weighted by atomic mass is 35.5. The van der Waals surface area contributed by atoms with E-state index in [2.05, 4.69) is 14.5 Å². The van der Waals surface area contributed by atoms with Gasteiger partial charge in [-0.05, 0) is 42.3 Å². The second kappa shape index (κ2) is 6.47. The minimum absolute atomic E-state index is 0.0258. The Morgan fingerprint density at radius 3 is 2.73 bits per heavy atom. The highest BCUT2D eigenvalue weighted by Gasteiger charge is 2.48. The van der Waals surface area contributed by atoms with Gasteiger partial charge in [-0.3, -0.25) is 0 Å². The number of hydrogen-bond donors (Lipinski definition) is 0. The summed E-state index contributed by atoms with van der Waals surface area (Å²) in [5.41, 5.74) is 3.36. The molecule has 6 rings (SSSR count). The van der Waals surface area contributed by atoms with Crippen LogP contribution >= 0.6 is 11.6 Å². The van der Waals surface area contributed by atoms with Gasteiger partial charge in [0.1, 0.15) is 17.4 Å². The molecule has 0 saturated carbocycles. The molecule has 150 valence electrons. The minimum Gasteiger partial charge on any atom is -0.434 e. The SMILES string of the molecule is FC(F)Oc1cccc2c1[C@H]1C[C@H](c3nc4ccc(Cl)cc4n31)C2c1ncccn1. The van der Waals surface area contributed by atoms with E-state index in [1.807, 2.05) is 18.2 Å². The van der Waals surface area contributed by atoms with Crippen molar-refractivity contribution in [1.82, 2.24) is 19.5 Å². The zero-order chi connectivity index (χ0) is 20.4. The topological polar surface area (TPSA) is 52.8 Å². The summed E-state index contributed by atoms with van der Waals surface area (Å²) in [6.07, 6.45) is 4.11. The van der Waals surface area contributed by atoms with Gasteiger partial charge in [0.2, 0.25) is 0 Å². The molecule has 2 aromatic carbocycles. The van der Waals surface area contributed by atoms with Crippen LogP contribution in [0.1, 0.15) is 47.1 Å². The Morgan fingerprint density at radius 1 is 1.10 bits per heavy atom. The van der Waals surface area contributed by atoms with E-state index >= 15 is 0 Å². The molecule has 0 saturated heterocycles. The minimum atomic E-state index is -2.91. The molecular weight excluding hydrogens is 410 g/mol. The molecule has 0 aliphatic carbocycles. The number of rotatable bonds is 3. The fraction of sp³-hybridized carbons (Fsp3) is 0.227. The molecule has 0 radical (unpaired) electrons. The van der Waals surface area contributed by atoms with E-state index in [-0.39, 0.29) is 23.6 Å². The molecule has 2 aromatic heterocycles. The molecule has 4 heterocycles. The number of ether oxygens (including phenoxy) is 1. The first-order valence-corrected chi connectivity index (χ1v) is 10.0. The van der Waals surface area contributed by atoms with E-state index in [0.717, 1.165) is 28.0 Å². The van der Waals surface area contributed by atoms with Crippen LogP contribution in [0.3, 0.4) is 0 Å². The summed E-state index contributed by atoms with van der Waals surface area (Å²) in [5.74, 6) is 1.55. The fourth-order valence-corrected chi connectivity index (χ4v) is 5.22. The molecule has 5 nitrogen and oxygen atoms in total. The third-order valence-electron chi connectivity index (χ3n) is 6.05. The number of fused-ring (bicyclic) bond motifs is 3. The third kappa shape index (κ3) is 2.48. The summed E-state index contributed by atoms with van der Waals surface area (Å²) in [6, 6.07) is 12.5. The quantitative estimate of drug-likeness (QED) is 0.447. The van der Waals surface area contributed by atoms with Gasteiger partial charge in [0, 0.05) is 28.9 Å². The van der Waals surface area contributed by atoms with E-state index in [1.165, 1.54) is 0 Å². The second-order valence-electron chi connectivity index (χ2n) is 7.55. The van der Waals surface area contributed by atoms with E-state index in [0.29, 0.717) is 17.3 Å². The predicted octanol–water partition coefficient (Wildman–Crippen LogP) is 5.30. The molecule has 4 aromatic rings. The normalized spacial score (nSPS) is 21.7. The Morgan fingerprint density at radius 2 is 1.93 bits per heavy atom. The smallest absolute Gasteiger partial charge is 0.387 e. The summed E-state index contributed by atoms with van der Waals surface area (Å²) in [6.45, 7) is -2.91. The number of nitrogens with zero attached hydrogens (tertiary/aromatic N) is 4. The van der Waals surface area contributed by atoms with Crippen molar-refractivity contribution in [3.63, 3.8) is 0 Å². The molecular formula is C22H15ClF2N4O. The average Bonchev–Trinajstić information content (AvgIpc) is 3.25. The first-order chi connectivity index (χ1) is 14.6. The third-order valence-corrected chi connectivity index (χ3v) is 6.28. The van der Waals surface area contributed by atoms with Crippen LogP contribution in [0.4, 0.5) is 8.78 Å². The van der Waals surface area contributed by atoms with Crippen molar-refractivity contribution in [2.24, 2.45) is 0 Å². The van der Waals surface area contributed by atoms with Crippen LogP contribution in [0.2, 0.25) is 5.02 Å². The van der Waals surface area contributed by atoms with Gasteiger partial charge in [0.25, 0.3) is 0 Å². The van der Waals surface area contributed by atoms with Gasteiger partial charge in [0.05, 0.1) is 23.0 Å². The molecule has 1 unspecified atom stereocenters. The van der Waals surface area contributed by atoms with Crippen molar-refractivity contribution in [3.05, 3.63) is 82.7 Å². The van der Waals surface area contributed by atoms with Crippen LogP contribution < -0.4 is 4.74 Å². The Hall–Kier alpha value is -3.06. The van der Waals surface area contributed by atoms with Gasteiger partial charge in [-0.25, -0.2) is 15.0 Å². The van der Waals surface area contributed by atoms with Crippen molar-refractivity contribution in [1.29, 1.82) is 0 Å². The van der Waals surface area contributed by atoms with Crippen molar-refractivity contribution in [2.45, 2.75) is 30.9 Å². The summed E-state index contributed by atoms with van der Waals surface area (Å²) in [4.78, 5) is 13.9. The van der Waals surface area contributed by atoms with Gasteiger partial charge in [-0.1, -0.05) is 23.7 Å². The first kappa shape index (κ1) is 17.8. The van der Waals surface area contributed by atoms with Crippen LogP contribution in [0.25, 0.3) is 11.0 Å². The highest BCUT2D eigenvalue weighted by Crippen LogP contribution is 2.58. The lowest BCUT2D eigenvalue weighted by Gasteiger charge is -2.31. The van der Waals surface area contributed by atoms with Crippen LogP contribution in [-0.2, 0) is 0 Å². The fourth-order valence-electron chi connectivity index (χ4n) is 5.05. The lowest BCUT2D eigenvalue weighted by molar-refractivity contribution is -0.0508. The number of halogens is 3. The largest absolute Gasteiger partial charge is 0.434 e. The number of alkyl halides is 2. The van der Waals surface area contributed by atoms with Gasteiger partial charge in [0.15, 0.2) is 0 Å². The maximum atomic E-state index is 13.2. The van der Waals surface area contributed by atoms with Crippen molar-refractivity contribution in [3.8, 4) is 5.75 Å². The molecule has 8 heteroatoms. The molecule has 0 spiro atoms. The molecule has 0 amide bonds. The Balaban J connectivity index is 1.66. The standard InChI is InChI=1S/C22H15ClF2N4O/c23-11-5-6-14-15(9-11)29-16-10-13(21(29)28-14)18(20-26-7-2-8-27-20)12-3-1-4-17(19(12)16)30-22(24)25/h1-9,13,16,18,22H,10H2/t13-,16+,18?/m0/s1. The molecule has 2 aliphatic heterocycles. The lowest BCUT2D eigenvalue weighted by Crippen LogP contribution is -2.22. The van der Waals surface area contributed by atoms with E-state index in [4.69, 9.17) is 21.3 Å². The Bertz CT molecular complexity index is 1280. The van der Waals surface area contributed by atoms with Gasteiger partial charge >= 0.3 is 6.61 Å². The molecule has 0 N–H and O–H groups in total. The van der Waals surface area contributed by atoms with Crippen LogP contribution in [0, 0.1) is 0 Å². The lowest BCUT2D eigenvalue weighted by atomic mass is 9.74.